The molecule has 1 saturated heterocycles. The molecule has 0 aliphatic carbocycles. The molecule has 2 aliphatic heterocycles. The van der Waals surface area contributed by atoms with Gasteiger partial charge in [-0.25, -0.2) is 4.79 Å². The normalized spacial score (nSPS) is 17.8. The predicted molar refractivity (Wildman–Crippen MR) is 86.8 cm³/mol. The number of aryl methyl sites for hydroxylation is 1. The number of nitrogens with zero attached hydrogens (tertiary/aromatic N) is 4. The molecule has 0 aromatic carbocycles. The highest BCUT2D eigenvalue weighted by molar-refractivity contribution is 6.18. The second-order valence-corrected chi connectivity index (χ2v) is 6.26. The van der Waals surface area contributed by atoms with Crippen molar-refractivity contribution in [2.24, 2.45) is 0 Å². The van der Waals surface area contributed by atoms with Crippen molar-refractivity contribution in [3.63, 3.8) is 0 Å². The largest absolute Gasteiger partial charge is 0.337 e. The summed E-state index contributed by atoms with van der Waals surface area (Å²) >= 11 is 5.57. The molecule has 23 heavy (non-hydrogen) atoms. The van der Waals surface area contributed by atoms with Crippen molar-refractivity contribution in [1.82, 2.24) is 24.9 Å². The number of fused-ring (bicyclic) bond motifs is 1. The van der Waals surface area contributed by atoms with Crippen molar-refractivity contribution in [3.8, 4) is 0 Å². The van der Waals surface area contributed by atoms with Crippen LogP contribution >= 0.6 is 11.6 Å². The fourth-order valence-electron chi connectivity index (χ4n) is 3.15. The summed E-state index contributed by atoms with van der Waals surface area (Å²) in [5.41, 5.74) is 1.79. The van der Waals surface area contributed by atoms with E-state index in [0.717, 1.165) is 37.1 Å². The molecule has 0 atom stereocenters. The van der Waals surface area contributed by atoms with Gasteiger partial charge in [0.05, 0.1) is 17.5 Å². The van der Waals surface area contributed by atoms with E-state index in [-0.39, 0.29) is 11.9 Å². The first-order valence-corrected chi connectivity index (χ1v) is 8.67. The van der Waals surface area contributed by atoms with E-state index in [9.17, 15) is 9.59 Å². The third-order valence-corrected chi connectivity index (χ3v) is 4.63. The van der Waals surface area contributed by atoms with Crippen LogP contribution in [0.1, 0.15) is 28.9 Å². The van der Waals surface area contributed by atoms with E-state index in [1.54, 1.807) is 11.1 Å². The highest BCUT2D eigenvalue weighted by Crippen LogP contribution is 2.20. The predicted octanol–water partition coefficient (Wildman–Crippen LogP) is 0.926. The summed E-state index contributed by atoms with van der Waals surface area (Å²) in [7, 11) is 0. The summed E-state index contributed by atoms with van der Waals surface area (Å²) in [6.07, 6.45) is 4.85. The maximum Gasteiger partial charge on any atom is 0.317 e. The molecule has 1 aromatic heterocycles. The molecule has 0 radical (unpaired) electrons. The standard InChI is InChI=1S/C15H22ClN5O2/c16-4-5-17-15(23)20-9-7-19(8-10-20)14(22)12-11-18-21-6-2-1-3-13(12)21/h11H,1-10H2,(H,17,23). The van der Waals surface area contributed by atoms with Crippen molar-refractivity contribution < 1.29 is 9.59 Å². The zero-order valence-electron chi connectivity index (χ0n) is 13.1. The Morgan fingerprint density at radius 3 is 2.61 bits per heavy atom. The van der Waals surface area contributed by atoms with Gasteiger partial charge < -0.3 is 15.1 Å². The first-order chi connectivity index (χ1) is 11.2. The number of piperazine rings is 1. The minimum absolute atomic E-state index is 0.0361. The number of hydrogen-bond acceptors (Lipinski definition) is 3. The van der Waals surface area contributed by atoms with Gasteiger partial charge >= 0.3 is 6.03 Å². The summed E-state index contributed by atoms with van der Waals surface area (Å²) in [6.45, 7) is 3.56. The third kappa shape index (κ3) is 3.44. The van der Waals surface area contributed by atoms with Crippen LogP contribution in [-0.4, -0.2) is 70.1 Å². The molecule has 8 heteroatoms. The minimum Gasteiger partial charge on any atom is -0.337 e. The van der Waals surface area contributed by atoms with Crippen LogP contribution in [0.5, 0.6) is 0 Å². The number of carbonyl (C=O) groups is 2. The van der Waals surface area contributed by atoms with Gasteiger partial charge in [0.1, 0.15) is 0 Å². The van der Waals surface area contributed by atoms with Crippen LogP contribution in [0.25, 0.3) is 0 Å². The molecule has 3 amide bonds. The van der Waals surface area contributed by atoms with Gasteiger partial charge in [0.15, 0.2) is 0 Å². The molecule has 0 spiro atoms. The van der Waals surface area contributed by atoms with Crippen molar-refractivity contribution in [2.75, 3.05) is 38.6 Å². The lowest BCUT2D eigenvalue weighted by Gasteiger charge is -2.34. The van der Waals surface area contributed by atoms with Gasteiger partial charge in [-0.2, -0.15) is 5.10 Å². The van der Waals surface area contributed by atoms with Crippen LogP contribution in [0, 0.1) is 0 Å². The van der Waals surface area contributed by atoms with Gasteiger partial charge in [-0.1, -0.05) is 0 Å². The summed E-state index contributed by atoms with van der Waals surface area (Å²) in [4.78, 5) is 28.2. The Balaban J connectivity index is 1.58. The Bertz CT molecular complexity index is 580. The highest BCUT2D eigenvalue weighted by Gasteiger charge is 2.28. The van der Waals surface area contributed by atoms with E-state index in [4.69, 9.17) is 11.6 Å². The Labute approximate surface area is 140 Å². The molecule has 3 rings (SSSR count). The number of amides is 3. The fourth-order valence-corrected chi connectivity index (χ4v) is 3.24. The van der Waals surface area contributed by atoms with E-state index in [1.807, 2.05) is 9.58 Å². The van der Waals surface area contributed by atoms with E-state index < -0.39 is 0 Å². The zero-order valence-corrected chi connectivity index (χ0v) is 13.9. The molecule has 7 nitrogen and oxygen atoms in total. The quantitative estimate of drug-likeness (QED) is 0.833. The molecule has 1 fully saturated rings. The van der Waals surface area contributed by atoms with Gasteiger partial charge in [-0.3, -0.25) is 9.48 Å². The Morgan fingerprint density at radius 2 is 1.87 bits per heavy atom. The lowest BCUT2D eigenvalue weighted by atomic mass is 10.1. The molecule has 3 heterocycles. The SMILES string of the molecule is O=C(NCCCl)N1CCN(C(=O)c2cnn3c2CCCC3)CC1. The van der Waals surface area contributed by atoms with Gasteiger partial charge in [0, 0.05) is 45.1 Å². The number of aromatic nitrogens is 2. The number of hydrogen-bond donors (Lipinski definition) is 1. The van der Waals surface area contributed by atoms with Crippen LogP contribution in [-0.2, 0) is 13.0 Å². The first kappa shape index (κ1) is 16.1. The van der Waals surface area contributed by atoms with E-state index in [1.165, 1.54) is 0 Å². The molecule has 0 unspecified atom stereocenters. The molecule has 1 aromatic rings. The molecule has 2 aliphatic rings. The van der Waals surface area contributed by atoms with Crippen molar-refractivity contribution in [3.05, 3.63) is 17.5 Å². The van der Waals surface area contributed by atoms with Crippen LogP contribution in [0.2, 0.25) is 0 Å². The number of halogens is 1. The van der Waals surface area contributed by atoms with Crippen LogP contribution in [0.4, 0.5) is 4.79 Å². The van der Waals surface area contributed by atoms with E-state index >= 15 is 0 Å². The third-order valence-electron chi connectivity index (χ3n) is 4.44. The van der Waals surface area contributed by atoms with Crippen LogP contribution in [0.15, 0.2) is 6.20 Å². The summed E-state index contributed by atoms with van der Waals surface area (Å²) in [6, 6.07) is -0.110. The van der Waals surface area contributed by atoms with Crippen molar-refractivity contribution in [1.29, 1.82) is 0 Å². The minimum atomic E-state index is -0.110. The number of urea groups is 1. The molecular weight excluding hydrogens is 318 g/mol. The van der Waals surface area contributed by atoms with E-state index in [2.05, 4.69) is 10.4 Å². The number of rotatable bonds is 3. The van der Waals surface area contributed by atoms with E-state index in [0.29, 0.717) is 38.6 Å². The van der Waals surface area contributed by atoms with Crippen molar-refractivity contribution in [2.45, 2.75) is 25.8 Å². The highest BCUT2D eigenvalue weighted by atomic mass is 35.5. The van der Waals surface area contributed by atoms with Crippen LogP contribution in [0.3, 0.4) is 0 Å². The maximum atomic E-state index is 12.7. The lowest BCUT2D eigenvalue weighted by molar-refractivity contribution is 0.0664. The summed E-state index contributed by atoms with van der Waals surface area (Å²) in [5.74, 6) is 0.436. The molecule has 126 valence electrons. The average Bonchev–Trinajstić information content (AvgIpc) is 3.03. The smallest absolute Gasteiger partial charge is 0.317 e. The van der Waals surface area contributed by atoms with Gasteiger partial charge in [0.2, 0.25) is 0 Å². The van der Waals surface area contributed by atoms with Crippen LogP contribution < -0.4 is 5.32 Å². The first-order valence-electron chi connectivity index (χ1n) is 8.13. The second kappa shape index (κ2) is 7.21. The van der Waals surface area contributed by atoms with Gasteiger partial charge in [-0.15, -0.1) is 11.6 Å². The Hall–Kier alpha value is -1.76. The Morgan fingerprint density at radius 1 is 1.13 bits per heavy atom. The molecular formula is C15H22ClN5O2. The lowest BCUT2D eigenvalue weighted by Crippen LogP contribution is -2.53. The number of nitrogens with one attached hydrogen (secondary N) is 1. The average molecular weight is 340 g/mol. The molecule has 1 N–H and O–H groups in total. The molecule has 0 saturated carbocycles. The zero-order chi connectivity index (χ0) is 16.2. The number of alkyl halides is 1. The maximum absolute atomic E-state index is 12.7. The molecule has 0 bridgehead atoms. The summed E-state index contributed by atoms with van der Waals surface area (Å²) < 4.78 is 1.95. The van der Waals surface area contributed by atoms with Gasteiger partial charge in [-0.05, 0) is 19.3 Å². The fraction of sp³-hybridized carbons (Fsp3) is 0.667. The van der Waals surface area contributed by atoms with Crippen molar-refractivity contribution >= 4 is 23.5 Å². The number of carbonyl (C=O) groups excluding carboxylic acids is 2. The summed E-state index contributed by atoms with van der Waals surface area (Å²) in [5, 5.41) is 7.08. The Kier molecular flexibility index (Phi) is 5.05. The topological polar surface area (TPSA) is 70.5 Å². The second-order valence-electron chi connectivity index (χ2n) is 5.89. The monoisotopic (exact) mass is 339 g/mol. The van der Waals surface area contributed by atoms with Gasteiger partial charge in [0.25, 0.3) is 5.91 Å².